The summed E-state index contributed by atoms with van der Waals surface area (Å²) in [6.45, 7) is 3.85. The molecule has 4 nitrogen and oxygen atoms in total. The first-order valence-corrected chi connectivity index (χ1v) is 9.60. The highest BCUT2D eigenvalue weighted by molar-refractivity contribution is 6.06. The van der Waals surface area contributed by atoms with E-state index in [4.69, 9.17) is 9.47 Å². The molecule has 3 aromatic carbocycles. The van der Waals surface area contributed by atoms with Crippen molar-refractivity contribution in [1.82, 2.24) is 4.98 Å². The second kappa shape index (κ2) is 7.84. The Balaban J connectivity index is 1.79. The Morgan fingerprint density at radius 2 is 1.66 bits per heavy atom. The molecule has 0 amide bonds. The van der Waals surface area contributed by atoms with E-state index >= 15 is 0 Å². The van der Waals surface area contributed by atoms with Gasteiger partial charge < -0.3 is 14.5 Å². The molecule has 0 aliphatic rings. The first-order chi connectivity index (χ1) is 14.1. The molecule has 29 heavy (non-hydrogen) atoms. The predicted octanol–water partition coefficient (Wildman–Crippen LogP) is 6.07. The minimum absolute atomic E-state index is 0.352. The lowest BCUT2D eigenvalue weighted by Crippen LogP contribution is -2.11. The quantitative estimate of drug-likeness (QED) is 0.424. The summed E-state index contributed by atoms with van der Waals surface area (Å²) in [5.74, 6) is 0.330. The van der Waals surface area contributed by atoms with Crippen LogP contribution in [-0.2, 0) is 4.74 Å². The van der Waals surface area contributed by atoms with E-state index in [1.165, 1.54) is 0 Å². The maximum absolute atomic E-state index is 13.1. The van der Waals surface area contributed by atoms with E-state index in [0.29, 0.717) is 5.69 Å². The van der Waals surface area contributed by atoms with E-state index in [-0.39, 0.29) is 12.1 Å². The SMILES string of the molecule is COc1ccc2ccccc2c1-c1c(C)c[nH]c1C(=O)O[C@H](C)c1ccccc1. The molecule has 4 aromatic rings. The van der Waals surface area contributed by atoms with Gasteiger partial charge in [-0.25, -0.2) is 4.79 Å². The van der Waals surface area contributed by atoms with Gasteiger partial charge >= 0.3 is 5.97 Å². The van der Waals surface area contributed by atoms with Crippen LogP contribution in [-0.4, -0.2) is 18.1 Å². The molecular weight excluding hydrogens is 362 g/mol. The summed E-state index contributed by atoms with van der Waals surface area (Å²) in [5, 5.41) is 2.11. The highest BCUT2D eigenvalue weighted by atomic mass is 16.5. The van der Waals surface area contributed by atoms with E-state index < -0.39 is 0 Å². The van der Waals surface area contributed by atoms with Gasteiger partial charge in [0.2, 0.25) is 0 Å². The van der Waals surface area contributed by atoms with Crippen LogP contribution >= 0.6 is 0 Å². The second-order valence-electron chi connectivity index (χ2n) is 7.04. The minimum Gasteiger partial charge on any atom is -0.496 e. The average molecular weight is 385 g/mol. The number of nitrogens with one attached hydrogen (secondary N) is 1. The Hall–Kier alpha value is -3.53. The van der Waals surface area contributed by atoms with Gasteiger partial charge in [0.15, 0.2) is 0 Å². The molecule has 0 saturated carbocycles. The maximum atomic E-state index is 13.1. The highest BCUT2D eigenvalue weighted by Gasteiger charge is 2.24. The van der Waals surface area contributed by atoms with Gasteiger partial charge in [0.25, 0.3) is 0 Å². The Morgan fingerprint density at radius 1 is 0.931 bits per heavy atom. The van der Waals surface area contributed by atoms with Crippen molar-refractivity contribution >= 4 is 16.7 Å². The van der Waals surface area contributed by atoms with E-state index in [1.807, 2.05) is 80.7 Å². The number of carbonyl (C=O) groups excluding carboxylic acids is 1. The molecule has 0 spiro atoms. The number of aryl methyl sites for hydroxylation is 1. The van der Waals surface area contributed by atoms with Gasteiger partial charge in [-0.15, -0.1) is 0 Å². The fraction of sp³-hybridized carbons (Fsp3) is 0.160. The third-order valence-electron chi connectivity index (χ3n) is 5.19. The molecular formula is C25H23NO3. The van der Waals surface area contributed by atoms with Crippen LogP contribution in [0.5, 0.6) is 5.75 Å². The first-order valence-electron chi connectivity index (χ1n) is 9.60. The lowest BCUT2D eigenvalue weighted by Gasteiger charge is -2.16. The summed E-state index contributed by atoms with van der Waals surface area (Å²) in [5.41, 5.74) is 4.04. The van der Waals surface area contributed by atoms with E-state index in [9.17, 15) is 4.79 Å². The predicted molar refractivity (Wildman–Crippen MR) is 115 cm³/mol. The largest absolute Gasteiger partial charge is 0.496 e. The lowest BCUT2D eigenvalue weighted by molar-refractivity contribution is 0.0332. The topological polar surface area (TPSA) is 51.3 Å². The number of hydrogen-bond donors (Lipinski definition) is 1. The summed E-state index contributed by atoms with van der Waals surface area (Å²) >= 11 is 0. The number of carbonyl (C=O) groups is 1. The summed E-state index contributed by atoms with van der Waals surface area (Å²) in [7, 11) is 1.64. The number of esters is 1. The summed E-state index contributed by atoms with van der Waals surface area (Å²) in [4.78, 5) is 16.2. The third-order valence-corrected chi connectivity index (χ3v) is 5.19. The van der Waals surface area contributed by atoms with Crippen molar-refractivity contribution in [1.29, 1.82) is 0 Å². The molecule has 0 aliphatic carbocycles. The van der Waals surface area contributed by atoms with Crippen molar-refractivity contribution in [3.05, 3.63) is 89.7 Å². The number of fused-ring (bicyclic) bond motifs is 1. The van der Waals surface area contributed by atoms with Gasteiger partial charge in [0.05, 0.1) is 7.11 Å². The van der Waals surface area contributed by atoms with Crippen molar-refractivity contribution in [2.45, 2.75) is 20.0 Å². The first kappa shape index (κ1) is 18.8. The van der Waals surface area contributed by atoms with Crippen LogP contribution in [0.25, 0.3) is 21.9 Å². The molecule has 1 atom stereocenters. The lowest BCUT2D eigenvalue weighted by atomic mass is 9.95. The van der Waals surface area contributed by atoms with Crippen LogP contribution in [0.3, 0.4) is 0 Å². The van der Waals surface area contributed by atoms with Gasteiger partial charge in [-0.2, -0.15) is 0 Å². The van der Waals surface area contributed by atoms with Gasteiger partial charge in [-0.3, -0.25) is 0 Å². The Labute approximate surface area is 170 Å². The van der Waals surface area contributed by atoms with Crippen molar-refractivity contribution in [3.8, 4) is 16.9 Å². The summed E-state index contributed by atoms with van der Waals surface area (Å²) in [6, 6.07) is 21.8. The molecule has 1 N–H and O–H groups in total. The smallest absolute Gasteiger partial charge is 0.356 e. The Bertz CT molecular complexity index is 1160. The number of hydrogen-bond acceptors (Lipinski definition) is 3. The monoisotopic (exact) mass is 385 g/mol. The Morgan fingerprint density at radius 3 is 2.41 bits per heavy atom. The number of aromatic amines is 1. The maximum Gasteiger partial charge on any atom is 0.356 e. The summed E-state index contributed by atoms with van der Waals surface area (Å²) < 4.78 is 11.4. The molecule has 0 bridgehead atoms. The highest BCUT2D eigenvalue weighted by Crippen LogP contribution is 2.40. The van der Waals surface area contributed by atoms with Crippen LogP contribution in [0.2, 0.25) is 0 Å². The van der Waals surface area contributed by atoms with Gasteiger partial charge in [-0.05, 0) is 41.8 Å². The molecule has 1 aromatic heterocycles. The van der Waals surface area contributed by atoms with Crippen LogP contribution in [0.15, 0.2) is 72.9 Å². The second-order valence-corrected chi connectivity index (χ2v) is 7.04. The van der Waals surface area contributed by atoms with Crippen LogP contribution in [0.1, 0.15) is 34.6 Å². The van der Waals surface area contributed by atoms with Gasteiger partial charge in [0.1, 0.15) is 17.5 Å². The molecule has 0 fully saturated rings. The van der Waals surface area contributed by atoms with Crippen molar-refractivity contribution in [2.75, 3.05) is 7.11 Å². The normalized spacial score (nSPS) is 12.0. The number of benzene rings is 3. The molecule has 0 saturated heterocycles. The van der Waals surface area contributed by atoms with Crippen molar-refractivity contribution in [3.63, 3.8) is 0 Å². The molecule has 4 heteroatoms. The molecule has 0 unspecified atom stereocenters. The van der Waals surface area contributed by atoms with Crippen molar-refractivity contribution in [2.24, 2.45) is 0 Å². The molecule has 0 radical (unpaired) electrons. The van der Waals surface area contributed by atoms with E-state index in [0.717, 1.165) is 38.8 Å². The number of rotatable bonds is 5. The standard InChI is InChI=1S/C25H23NO3/c1-16-15-26-24(25(27)29-17(2)18-9-5-4-6-10-18)22(16)23-20-12-8-7-11-19(20)13-14-21(23)28-3/h4-15,17,26H,1-3H3/t17-/m1/s1. The van der Waals surface area contributed by atoms with Gasteiger partial charge in [0, 0.05) is 17.3 Å². The molecule has 4 rings (SSSR count). The van der Waals surface area contributed by atoms with Crippen LogP contribution in [0, 0.1) is 6.92 Å². The molecule has 0 aliphatic heterocycles. The minimum atomic E-state index is -0.389. The van der Waals surface area contributed by atoms with E-state index in [2.05, 4.69) is 11.1 Å². The fourth-order valence-corrected chi connectivity index (χ4v) is 3.70. The zero-order valence-corrected chi connectivity index (χ0v) is 16.7. The zero-order chi connectivity index (χ0) is 20.4. The molecule has 1 heterocycles. The number of H-pyrrole nitrogens is 1. The van der Waals surface area contributed by atoms with Gasteiger partial charge in [-0.1, -0.05) is 60.7 Å². The number of methoxy groups -OCH3 is 1. The summed E-state index contributed by atoms with van der Waals surface area (Å²) in [6.07, 6.45) is 1.48. The molecule has 146 valence electrons. The van der Waals surface area contributed by atoms with E-state index in [1.54, 1.807) is 7.11 Å². The fourth-order valence-electron chi connectivity index (χ4n) is 3.70. The zero-order valence-electron chi connectivity index (χ0n) is 16.7. The van der Waals surface area contributed by atoms with Crippen molar-refractivity contribution < 1.29 is 14.3 Å². The number of ether oxygens (including phenoxy) is 2. The van der Waals surface area contributed by atoms with Crippen LogP contribution in [0.4, 0.5) is 0 Å². The van der Waals surface area contributed by atoms with Crippen LogP contribution < -0.4 is 4.74 Å². The average Bonchev–Trinajstić information content (AvgIpc) is 3.14. The third kappa shape index (κ3) is 3.49. The number of aromatic nitrogens is 1. The Kier molecular flexibility index (Phi) is 5.09.